The molecule has 1 aliphatic heterocycles. The summed E-state index contributed by atoms with van der Waals surface area (Å²) in [5, 5.41) is 0. The van der Waals surface area contributed by atoms with E-state index < -0.39 is 0 Å². The van der Waals surface area contributed by atoms with Crippen molar-refractivity contribution in [3.63, 3.8) is 0 Å². The Labute approximate surface area is 158 Å². The van der Waals surface area contributed by atoms with Crippen LogP contribution >= 0.6 is 0 Å². The normalized spacial score (nSPS) is 16.7. The molecule has 0 N–H and O–H groups in total. The highest BCUT2D eigenvalue weighted by Gasteiger charge is 2.29. The molecule has 1 atom stereocenters. The number of hydrogen-bond donors (Lipinski definition) is 0. The number of benzene rings is 1. The summed E-state index contributed by atoms with van der Waals surface area (Å²) in [6, 6.07) is 8.42. The van der Waals surface area contributed by atoms with Gasteiger partial charge in [-0.2, -0.15) is 0 Å². The molecule has 1 aliphatic rings. The van der Waals surface area contributed by atoms with Gasteiger partial charge < -0.3 is 9.80 Å². The second kappa shape index (κ2) is 9.20. The van der Waals surface area contributed by atoms with Crippen molar-refractivity contribution in [1.29, 1.82) is 0 Å². The van der Waals surface area contributed by atoms with Crippen LogP contribution in [0.2, 0.25) is 0 Å². The highest BCUT2D eigenvalue weighted by Crippen LogP contribution is 2.29. The minimum atomic E-state index is 0.0628. The first-order chi connectivity index (χ1) is 12.3. The van der Waals surface area contributed by atoms with E-state index in [0.29, 0.717) is 24.8 Å². The van der Waals surface area contributed by atoms with Gasteiger partial charge >= 0.3 is 0 Å². The predicted octanol–water partition coefficient (Wildman–Crippen LogP) is 4.05. The number of fused-ring (bicyclic) bond motifs is 1. The Balaban J connectivity index is 2.07. The topological polar surface area (TPSA) is 40.6 Å². The van der Waals surface area contributed by atoms with E-state index in [2.05, 4.69) is 39.0 Å². The lowest BCUT2D eigenvalue weighted by molar-refractivity contribution is -0.142. The molecular formula is C22H34N2O2. The summed E-state index contributed by atoms with van der Waals surface area (Å²) in [6.45, 7) is 12.1. The zero-order chi connectivity index (χ0) is 19.3. The zero-order valence-electron chi connectivity index (χ0n) is 17.0. The summed E-state index contributed by atoms with van der Waals surface area (Å²) in [5.74, 6) is 0.979. The summed E-state index contributed by atoms with van der Waals surface area (Å²) < 4.78 is 0. The molecule has 2 amide bonds. The van der Waals surface area contributed by atoms with Crippen molar-refractivity contribution in [2.75, 3.05) is 19.6 Å². The van der Waals surface area contributed by atoms with E-state index in [1.54, 1.807) is 4.90 Å². The van der Waals surface area contributed by atoms with E-state index in [-0.39, 0.29) is 24.4 Å². The zero-order valence-corrected chi connectivity index (χ0v) is 17.0. The lowest BCUT2D eigenvalue weighted by Gasteiger charge is -2.37. The third kappa shape index (κ3) is 5.33. The van der Waals surface area contributed by atoms with Gasteiger partial charge in [0, 0.05) is 19.5 Å². The standard InChI is InChI=1S/C22H34N2O2/c1-16(2)10-12-23(21(25)14-17(3)4)15-22(26)24-13-11-19-8-6-7-9-20(19)18(24)5/h6-9,16-18H,10-15H2,1-5H3. The number of carbonyl (C=O) groups is 2. The maximum atomic E-state index is 13.0. The van der Waals surface area contributed by atoms with E-state index in [1.165, 1.54) is 11.1 Å². The van der Waals surface area contributed by atoms with Gasteiger partial charge in [0.25, 0.3) is 0 Å². The number of hydrogen-bond acceptors (Lipinski definition) is 2. The van der Waals surface area contributed by atoms with Crippen molar-refractivity contribution >= 4 is 11.8 Å². The van der Waals surface area contributed by atoms with E-state index in [1.807, 2.05) is 24.8 Å². The monoisotopic (exact) mass is 358 g/mol. The molecule has 26 heavy (non-hydrogen) atoms. The molecule has 144 valence electrons. The summed E-state index contributed by atoms with van der Waals surface area (Å²) in [6.07, 6.45) is 2.32. The Morgan fingerprint density at radius 2 is 1.85 bits per heavy atom. The highest BCUT2D eigenvalue weighted by molar-refractivity contribution is 5.85. The Bertz CT molecular complexity index is 624. The van der Waals surface area contributed by atoms with Gasteiger partial charge in [0.2, 0.25) is 11.8 Å². The van der Waals surface area contributed by atoms with Crippen LogP contribution < -0.4 is 0 Å². The average molecular weight is 359 g/mol. The summed E-state index contributed by atoms with van der Waals surface area (Å²) in [5.41, 5.74) is 2.56. The van der Waals surface area contributed by atoms with Crippen molar-refractivity contribution in [2.24, 2.45) is 11.8 Å². The van der Waals surface area contributed by atoms with Crippen molar-refractivity contribution in [3.8, 4) is 0 Å². The lowest BCUT2D eigenvalue weighted by Crippen LogP contribution is -2.46. The summed E-state index contributed by atoms with van der Waals surface area (Å²) in [7, 11) is 0. The predicted molar refractivity (Wildman–Crippen MR) is 106 cm³/mol. The van der Waals surface area contributed by atoms with E-state index in [4.69, 9.17) is 0 Å². The Hall–Kier alpha value is -1.84. The first-order valence-corrected chi connectivity index (χ1v) is 9.94. The molecule has 0 radical (unpaired) electrons. The average Bonchev–Trinajstić information content (AvgIpc) is 2.58. The quantitative estimate of drug-likeness (QED) is 0.738. The number of nitrogens with zero attached hydrogens (tertiary/aromatic N) is 2. The van der Waals surface area contributed by atoms with Crippen LogP contribution in [-0.2, 0) is 16.0 Å². The molecule has 0 saturated carbocycles. The minimum absolute atomic E-state index is 0.0628. The van der Waals surface area contributed by atoms with Gasteiger partial charge in [0.05, 0.1) is 12.6 Å². The highest BCUT2D eigenvalue weighted by atomic mass is 16.2. The molecule has 0 aliphatic carbocycles. The lowest BCUT2D eigenvalue weighted by atomic mass is 9.93. The molecule has 0 fully saturated rings. The molecule has 1 unspecified atom stereocenters. The Morgan fingerprint density at radius 3 is 2.50 bits per heavy atom. The van der Waals surface area contributed by atoms with E-state index in [0.717, 1.165) is 19.4 Å². The van der Waals surface area contributed by atoms with Crippen molar-refractivity contribution < 1.29 is 9.59 Å². The molecule has 2 rings (SSSR count). The van der Waals surface area contributed by atoms with Gasteiger partial charge in [-0.3, -0.25) is 9.59 Å². The minimum Gasteiger partial charge on any atom is -0.334 e. The Kier molecular flexibility index (Phi) is 7.24. The fourth-order valence-corrected chi connectivity index (χ4v) is 3.55. The fraction of sp³-hybridized carbons (Fsp3) is 0.636. The molecule has 0 saturated heterocycles. The number of carbonyl (C=O) groups excluding carboxylic acids is 2. The van der Waals surface area contributed by atoms with Crippen molar-refractivity contribution in [2.45, 2.75) is 59.9 Å². The second-order valence-corrected chi connectivity index (χ2v) is 8.31. The van der Waals surface area contributed by atoms with Gasteiger partial charge in [0.1, 0.15) is 0 Å². The molecular weight excluding hydrogens is 324 g/mol. The van der Waals surface area contributed by atoms with Gasteiger partial charge in [-0.1, -0.05) is 52.0 Å². The van der Waals surface area contributed by atoms with Crippen LogP contribution in [-0.4, -0.2) is 41.2 Å². The molecule has 4 nitrogen and oxygen atoms in total. The summed E-state index contributed by atoms with van der Waals surface area (Å²) in [4.78, 5) is 29.3. The van der Waals surface area contributed by atoms with E-state index in [9.17, 15) is 9.59 Å². The van der Waals surface area contributed by atoms with E-state index >= 15 is 0 Å². The van der Waals surface area contributed by atoms with Crippen LogP contribution in [0, 0.1) is 11.8 Å². The first kappa shape index (κ1) is 20.5. The van der Waals surface area contributed by atoms with Gasteiger partial charge in [-0.15, -0.1) is 0 Å². The van der Waals surface area contributed by atoms with Gasteiger partial charge in [-0.25, -0.2) is 0 Å². The van der Waals surface area contributed by atoms with Gasteiger partial charge in [-0.05, 0) is 42.7 Å². The molecule has 1 aromatic rings. The smallest absolute Gasteiger partial charge is 0.242 e. The number of rotatable bonds is 7. The third-order valence-electron chi connectivity index (χ3n) is 5.15. The maximum absolute atomic E-state index is 13.0. The molecule has 1 aromatic carbocycles. The summed E-state index contributed by atoms with van der Waals surface area (Å²) >= 11 is 0. The molecule has 0 spiro atoms. The molecule has 1 heterocycles. The number of amides is 2. The van der Waals surface area contributed by atoms with Crippen LogP contribution in [0.5, 0.6) is 0 Å². The van der Waals surface area contributed by atoms with Gasteiger partial charge in [0.15, 0.2) is 0 Å². The fourth-order valence-electron chi connectivity index (χ4n) is 3.55. The maximum Gasteiger partial charge on any atom is 0.242 e. The van der Waals surface area contributed by atoms with Crippen molar-refractivity contribution in [3.05, 3.63) is 35.4 Å². The molecule has 0 aromatic heterocycles. The van der Waals surface area contributed by atoms with Crippen LogP contribution in [0.3, 0.4) is 0 Å². The van der Waals surface area contributed by atoms with Crippen LogP contribution in [0.15, 0.2) is 24.3 Å². The van der Waals surface area contributed by atoms with Crippen LogP contribution in [0.1, 0.15) is 64.6 Å². The Morgan fingerprint density at radius 1 is 1.15 bits per heavy atom. The molecule has 4 heteroatoms. The van der Waals surface area contributed by atoms with Crippen LogP contribution in [0.4, 0.5) is 0 Å². The van der Waals surface area contributed by atoms with Crippen LogP contribution in [0.25, 0.3) is 0 Å². The van der Waals surface area contributed by atoms with Crippen molar-refractivity contribution in [1.82, 2.24) is 9.80 Å². The second-order valence-electron chi connectivity index (χ2n) is 8.31. The largest absolute Gasteiger partial charge is 0.334 e. The third-order valence-corrected chi connectivity index (χ3v) is 5.15. The first-order valence-electron chi connectivity index (χ1n) is 9.94. The SMILES string of the molecule is CC(C)CCN(CC(=O)N1CCc2ccccc2C1C)C(=O)CC(C)C. The molecule has 0 bridgehead atoms.